The number of hydrogen-bond acceptors (Lipinski definition) is 5. The van der Waals surface area contributed by atoms with Gasteiger partial charge in [0.05, 0.1) is 6.61 Å². The van der Waals surface area contributed by atoms with E-state index in [0.29, 0.717) is 37.6 Å². The second-order valence-corrected chi connectivity index (χ2v) is 8.83. The Morgan fingerprint density at radius 2 is 1.83 bits per heavy atom. The number of likely N-dealkylation sites (N-methyl/N-ethyl adjacent to an activating group) is 1. The van der Waals surface area contributed by atoms with Crippen LogP contribution in [0, 0.1) is 5.92 Å². The number of piperidine rings is 1. The second-order valence-electron chi connectivity index (χ2n) is 8.83. The van der Waals surface area contributed by atoms with Crippen LogP contribution in [0.5, 0.6) is 0 Å². The zero-order chi connectivity index (χ0) is 22.3. The van der Waals surface area contributed by atoms with Crippen LogP contribution in [-0.2, 0) is 9.53 Å². The number of guanidine groups is 1. The third kappa shape index (κ3) is 7.04. The number of carbonyl (C=O) groups is 2. The molecule has 0 aromatic carbocycles. The smallest absolute Gasteiger partial charge is 0.409 e. The van der Waals surface area contributed by atoms with E-state index < -0.39 is 0 Å². The van der Waals surface area contributed by atoms with E-state index in [-0.39, 0.29) is 30.6 Å². The molecule has 2 rings (SSSR count). The molecule has 0 aliphatic carbocycles. The number of amides is 2. The van der Waals surface area contributed by atoms with E-state index in [1.807, 2.05) is 6.92 Å². The lowest BCUT2D eigenvalue weighted by atomic mass is 10.1. The van der Waals surface area contributed by atoms with Gasteiger partial charge in [-0.05, 0) is 39.5 Å². The van der Waals surface area contributed by atoms with Crippen molar-refractivity contribution in [3.8, 4) is 0 Å². The van der Waals surface area contributed by atoms with Crippen LogP contribution in [0.3, 0.4) is 0 Å². The number of aliphatic imine (C=N–C) groups is 1. The highest BCUT2D eigenvalue weighted by Gasteiger charge is 2.32. The van der Waals surface area contributed by atoms with Gasteiger partial charge in [-0.3, -0.25) is 9.69 Å². The maximum absolute atomic E-state index is 12.1. The summed E-state index contributed by atoms with van der Waals surface area (Å²) < 4.78 is 5.10. The Morgan fingerprint density at radius 1 is 1.17 bits per heavy atom. The van der Waals surface area contributed by atoms with Gasteiger partial charge in [-0.25, -0.2) is 9.79 Å². The van der Waals surface area contributed by atoms with E-state index in [0.717, 1.165) is 25.9 Å². The first-order valence-corrected chi connectivity index (χ1v) is 11.1. The Kier molecular flexibility index (Phi) is 9.20. The van der Waals surface area contributed by atoms with Crippen molar-refractivity contribution in [2.45, 2.75) is 58.7 Å². The molecule has 0 aromatic heterocycles. The molecule has 30 heavy (non-hydrogen) atoms. The average Bonchev–Trinajstić information content (AvgIpc) is 3.07. The SMILES string of the molecule is CCOC(=O)N1CCC(NC(=NCC(=O)N(C)C)NC2CN(C(C)C)CC2C)CC1. The van der Waals surface area contributed by atoms with Gasteiger partial charge in [0.15, 0.2) is 5.96 Å². The monoisotopic (exact) mass is 424 g/mol. The highest BCUT2D eigenvalue weighted by molar-refractivity contribution is 5.85. The fourth-order valence-corrected chi connectivity index (χ4v) is 3.82. The van der Waals surface area contributed by atoms with Gasteiger partial charge < -0.3 is 25.2 Å². The Bertz CT molecular complexity index is 602. The second kappa shape index (κ2) is 11.4. The first kappa shape index (κ1) is 24.2. The van der Waals surface area contributed by atoms with Crippen molar-refractivity contribution in [3.63, 3.8) is 0 Å². The molecule has 2 aliphatic rings. The van der Waals surface area contributed by atoms with Crippen molar-refractivity contribution >= 4 is 18.0 Å². The van der Waals surface area contributed by atoms with Gasteiger partial charge in [0.1, 0.15) is 6.54 Å². The molecule has 2 atom stereocenters. The van der Waals surface area contributed by atoms with Crippen LogP contribution in [0.25, 0.3) is 0 Å². The van der Waals surface area contributed by atoms with E-state index in [4.69, 9.17) is 4.74 Å². The summed E-state index contributed by atoms with van der Waals surface area (Å²) in [6, 6.07) is 0.997. The Labute approximate surface area is 181 Å². The van der Waals surface area contributed by atoms with Crippen molar-refractivity contribution in [2.24, 2.45) is 10.9 Å². The predicted molar refractivity (Wildman–Crippen MR) is 119 cm³/mol. The van der Waals surface area contributed by atoms with E-state index >= 15 is 0 Å². The summed E-state index contributed by atoms with van der Waals surface area (Å²) in [4.78, 5) is 34.3. The molecule has 9 nitrogen and oxygen atoms in total. The number of carbonyl (C=O) groups excluding carboxylic acids is 2. The number of likely N-dealkylation sites (tertiary alicyclic amines) is 2. The lowest BCUT2D eigenvalue weighted by Gasteiger charge is -2.33. The molecule has 2 aliphatic heterocycles. The van der Waals surface area contributed by atoms with E-state index in [2.05, 4.69) is 41.3 Å². The van der Waals surface area contributed by atoms with Crippen LogP contribution in [0.15, 0.2) is 4.99 Å². The summed E-state index contributed by atoms with van der Waals surface area (Å²) in [5.41, 5.74) is 0. The highest BCUT2D eigenvalue weighted by atomic mass is 16.6. The molecular formula is C21H40N6O3. The molecule has 0 spiro atoms. The fraction of sp³-hybridized carbons (Fsp3) is 0.857. The Hall–Kier alpha value is -2.03. The summed E-state index contributed by atoms with van der Waals surface area (Å²) in [6.07, 6.45) is 1.40. The first-order chi connectivity index (χ1) is 14.2. The topological polar surface area (TPSA) is 89.5 Å². The number of nitrogens with zero attached hydrogens (tertiary/aromatic N) is 4. The van der Waals surface area contributed by atoms with Crippen molar-refractivity contribution in [3.05, 3.63) is 0 Å². The molecule has 0 bridgehead atoms. The molecule has 0 radical (unpaired) electrons. The zero-order valence-corrected chi connectivity index (χ0v) is 19.5. The first-order valence-electron chi connectivity index (χ1n) is 11.1. The van der Waals surface area contributed by atoms with Crippen LogP contribution in [-0.4, -0.2) is 104 Å². The van der Waals surface area contributed by atoms with Gasteiger partial charge in [0, 0.05) is 58.4 Å². The van der Waals surface area contributed by atoms with Crippen molar-refractivity contribution in [2.75, 3.05) is 53.4 Å². The minimum Gasteiger partial charge on any atom is -0.450 e. The number of rotatable bonds is 6. The number of ether oxygens (including phenoxy) is 1. The average molecular weight is 425 g/mol. The summed E-state index contributed by atoms with van der Waals surface area (Å²) in [6.45, 7) is 12.3. The summed E-state index contributed by atoms with van der Waals surface area (Å²) in [7, 11) is 3.48. The van der Waals surface area contributed by atoms with Gasteiger partial charge in [0.25, 0.3) is 0 Å². The Morgan fingerprint density at radius 3 is 2.37 bits per heavy atom. The molecule has 2 fully saturated rings. The number of hydrogen-bond donors (Lipinski definition) is 2. The Balaban J connectivity index is 1.98. The molecule has 2 amide bonds. The predicted octanol–water partition coefficient (Wildman–Crippen LogP) is 0.959. The van der Waals surface area contributed by atoms with Crippen molar-refractivity contribution in [1.82, 2.24) is 25.3 Å². The van der Waals surface area contributed by atoms with Gasteiger partial charge in [-0.1, -0.05) is 6.92 Å². The summed E-state index contributed by atoms with van der Waals surface area (Å²) in [5.74, 6) is 1.15. The minimum absolute atomic E-state index is 0.0310. The van der Waals surface area contributed by atoms with Crippen LogP contribution < -0.4 is 10.6 Å². The lowest BCUT2D eigenvalue weighted by Crippen LogP contribution is -2.53. The molecule has 2 heterocycles. The zero-order valence-electron chi connectivity index (χ0n) is 19.5. The molecule has 9 heteroatoms. The molecule has 0 saturated carbocycles. The molecule has 2 N–H and O–H groups in total. The molecular weight excluding hydrogens is 384 g/mol. The normalized spacial score (nSPS) is 23.6. The molecule has 0 aromatic rings. The quantitative estimate of drug-likeness (QED) is 0.488. The van der Waals surface area contributed by atoms with Gasteiger partial charge in [-0.15, -0.1) is 0 Å². The van der Waals surface area contributed by atoms with E-state index in [1.165, 1.54) is 0 Å². The van der Waals surface area contributed by atoms with E-state index in [9.17, 15) is 9.59 Å². The lowest BCUT2D eigenvalue weighted by molar-refractivity contribution is -0.127. The van der Waals surface area contributed by atoms with Crippen LogP contribution in [0.2, 0.25) is 0 Å². The summed E-state index contributed by atoms with van der Waals surface area (Å²) in [5, 5.41) is 7.07. The fourth-order valence-electron chi connectivity index (χ4n) is 3.82. The van der Waals surface area contributed by atoms with Crippen molar-refractivity contribution < 1.29 is 14.3 Å². The van der Waals surface area contributed by atoms with Crippen molar-refractivity contribution in [1.29, 1.82) is 0 Å². The molecule has 172 valence electrons. The standard InChI is InChI=1S/C21H40N6O3/c1-7-30-21(29)26-10-8-17(9-11-26)23-20(22-12-19(28)25(5)6)24-18-14-27(15(2)3)13-16(18)4/h15-18H,7-14H2,1-6H3,(H2,22,23,24). The maximum Gasteiger partial charge on any atom is 0.409 e. The minimum atomic E-state index is -0.242. The molecule has 2 saturated heterocycles. The maximum atomic E-state index is 12.1. The largest absolute Gasteiger partial charge is 0.450 e. The molecule has 2 unspecified atom stereocenters. The number of nitrogens with one attached hydrogen (secondary N) is 2. The van der Waals surface area contributed by atoms with Crippen LogP contribution >= 0.6 is 0 Å². The summed E-state index contributed by atoms with van der Waals surface area (Å²) >= 11 is 0. The highest BCUT2D eigenvalue weighted by Crippen LogP contribution is 2.19. The van der Waals surface area contributed by atoms with Crippen LogP contribution in [0.4, 0.5) is 4.79 Å². The van der Waals surface area contributed by atoms with Gasteiger partial charge >= 0.3 is 6.09 Å². The van der Waals surface area contributed by atoms with E-state index in [1.54, 1.807) is 23.9 Å². The van der Waals surface area contributed by atoms with Gasteiger partial charge in [0.2, 0.25) is 5.91 Å². The third-order valence-electron chi connectivity index (χ3n) is 5.93. The van der Waals surface area contributed by atoms with Crippen LogP contribution in [0.1, 0.15) is 40.5 Å². The third-order valence-corrected chi connectivity index (χ3v) is 5.93. The van der Waals surface area contributed by atoms with Gasteiger partial charge in [-0.2, -0.15) is 0 Å².